The summed E-state index contributed by atoms with van der Waals surface area (Å²) in [6.07, 6.45) is 9.31. The van der Waals surface area contributed by atoms with Gasteiger partial charge < -0.3 is 14.6 Å². The Kier molecular flexibility index (Phi) is 5.17. The van der Waals surface area contributed by atoms with E-state index in [1.807, 2.05) is 12.4 Å². The van der Waals surface area contributed by atoms with E-state index >= 15 is 0 Å². The topological polar surface area (TPSA) is 105 Å². The zero-order valence-electron chi connectivity index (χ0n) is 17.7. The van der Waals surface area contributed by atoms with E-state index in [9.17, 15) is 13.7 Å². The molecule has 0 aromatic carbocycles. The number of aromatic amines is 1. The van der Waals surface area contributed by atoms with Crippen LogP contribution >= 0.6 is 0 Å². The van der Waals surface area contributed by atoms with Gasteiger partial charge in [0.2, 0.25) is 0 Å². The van der Waals surface area contributed by atoms with E-state index in [0.29, 0.717) is 32.8 Å². The molecule has 0 radical (unpaired) electrons. The normalized spacial score (nSPS) is 24.7. The molecular weight excluding hydrogens is 416 g/mol. The molecule has 0 bridgehead atoms. The van der Waals surface area contributed by atoms with Crippen LogP contribution < -0.4 is 10.7 Å². The number of piperazine rings is 1. The molecule has 4 heterocycles. The molecule has 1 aromatic heterocycles. The average Bonchev–Trinajstić information content (AvgIpc) is 3.30. The highest BCUT2D eigenvalue weighted by Gasteiger charge is 2.58. The maximum atomic E-state index is 13.7. The van der Waals surface area contributed by atoms with Gasteiger partial charge in [-0.05, 0) is 38.7 Å². The van der Waals surface area contributed by atoms with Crippen LogP contribution in [0.1, 0.15) is 32.6 Å². The van der Waals surface area contributed by atoms with Gasteiger partial charge >= 0.3 is 0 Å². The summed E-state index contributed by atoms with van der Waals surface area (Å²) in [5.41, 5.74) is 1.68. The third-order valence-corrected chi connectivity index (χ3v) is 9.06. The van der Waals surface area contributed by atoms with E-state index in [1.165, 1.54) is 10.0 Å². The maximum Gasteiger partial charge on any atom is 0.284 e. The number of aromatic nitrogens is 1. The van der Waals surface area contributed by atoms with Gasteiger partial charge in [-0.3, -0.25) is 0 Å². The van der Waals surface area contributed by atoms with E-state index < -0.39 is 21.8 Å². The summed E-state index contributed by atoms with van der Waals surface area (Å²) in [6.45, 7) is 4.07. The van der Waals surface area contributed by atoms with E-state index in [1.54, 1.807) is 11.2 Å². The van der Waals surface area contributed by atoms with Gasteiger partial charge in [-0.2, -0.15) is 22.3 Å². The van der Waals surface area contributed by atoms with Crippen molar-refractivity contribution in [1.82, 2.24) is 18.5 Å². The lowest BCUT2D eigenvalue weighted by Gasteiger charge is -2.47. The molecule has 5 rings (SSSR count). The monoisotopic (exact) mass is 444 g/mol. The molecule has 1 unspecified atom stereocenters. The van der Waals surface area contributed by atoms with Crippen LogP contribution in [0.5, 0.6) is 0 Å². The lowest BCUT2D eigenvalue weighted by atomic mass is 10.1. The van der Waals surface area contributed by atoms with Gasteiger partial charge in [0.1, 0.15) is 11.5 Å². The van der Waals surface area contributed by atoms with E-state index in [2.05, 4.69) is 33.1 Å². The lowest BCUT2D eigenvalue weighted by Crippen LogP contribution is -2.64. The van der Waals surface area contributed by atoms with Gasteiger partial charge in [0.05, 0.1) is 30.9 Å². The number of rotatable bonds is 5. The van der Waals surface area contributed by atoms with Crippen molar-refractivity contribution in [3.63, 3.8) is 0 Å². The summed E-state index contributed by atoms with van der Waals surface area (Å²) in [7, 11) is -3.77. The molecule has 1 saturated carbocycles. The number of hydrogen-bond donors (Lipinski definition) is 1. The van der Waals surface area contributed by atoms with E-state index in [0.717, 1.165) is 36.4 Å². The molecule has 1 atom stereocenters. The Morgan fingerprint density at radius 1 is 1.39 bits per heavy atom. The highest BCUT2D eigenvalue weighted by Crippen LogP contribution is 2.47. The van der Waals surface area contributed by atoms with Crippen LogP contribution in [0.2, 0.25) is 0 Å². The standard InChI is InChI=1S/C21H28N6O3S/c1-16(12-22)27(17-13-30-14-17)31(28,29)26-11-10-25(15-21(26)6-7-21)19-4-2-3-8-23-20-18(19)5-9-24-20/h3,5,8-9,16-17H,2,4,6-7,10-11,13-15H2,1H3,(H,23,24). The van der Waals surface area contributed by atoms with Crippen molar-refractivity contribution in [3.8, 4) is 6.07 Å². The SMILES string of the molecule is CC(C#N)N(C1COC1)S(=O)(=O)N1CCN(C2=c3cc[nH]c3=NC=CCC2)CC12CC2. The molecule has 31 heavy (non-hydrogen) atoms. The zero-order valence-corrected chi connectivity index (χ0v) is 18.5. The van der Waals surface area contributed by atoms with Crippen molar-refractivity contribution >= 4 is 15.9 Å². The van der Waals surface area contributed by atoms with Gasteiger partial charge in [0.25, 0.3) is 10.2 Å². The summed E-state index contributed by atoms with van der Waals surface area (Å²) in [5.74, 6) is 0. The third kappa shape index (κ3) is 3.49. The number of hydrogen-bond acceptors (Lipinski definition) is 6. The Morgan fingerprint density at radius 2 is 2.19 bits per heavy atom. The van der Waals surface area contributed by atoms with Crippen LogP contribution in [0.3, 0.4) is 0 Å². The molecular formula is C21H28N6O3S. The fourth-order valence-electron chi connectivity index (χ4n) is 4.93. The van der Waals surface area contributed by atoms with Crippen LogP contribution in [-0.2, 0) is 14.9 Å². The van der Waals surface area contributed by atoms with Gasteiger partial charge in [-0.15, -0.1) is 0 Å². The first-order valence-electron chi connectivity index (χ1n) is 10.9. The minimum atomic E-state index is -3.77. The summed E-state index contributed by atoms with van der Waals surface area (Å²) < 4.78 is 35.7. The fraction of sp³-hybridized carbons (Fsp3) is 0.619. The molecule has 1 spiro atoms. The Morgan fingerprint density at radius 3 is 2.87 bits per heavy atom. The maximum absolute atomic E-state index is 13.7. The van der Waals surface area contributed by atoms with Gasteiger partial charge in [-0.1, -0.05) is 6.08 Å². The van der Waals surface area contributed by atoms with Crippen LogP contribution in [0, 0.1) is 11.3 Å². The molecule has 0 amide bonds. The highest BCUT2D eigenvalue weighted by atomic mass is 32.2. The predicted molar refractivity (Wildman–Crippen MR) is 114 cm³/mol. The third-order valence-electron chi connectivity index (χ3n) is 6.78. The average molecular weight is 445 g/mol. The largest absolute Gasteiger partial charge is 0.378 e. The first-order valence-corrected chi connectivity index (χ1v) is 12.3. The number of allylic oxidation sites excluding steroid dienone is 1. The molecule has 4 aliphatic rings. The quantitative estimate of drug-likeness (QED) is 0.691. The van der Waals surface area contributed by atoms with Gasteiger partial charge in [0.15, 0.2) is 0 Å². The summed E-state index contributed by atoms with van der Waals surface area (Å²) >= 11 is 0. The molecule has 3 aliphatic heterocycles. The van der Waals surface area contributed by atoms with Crippen LogP contribution in [0.25, 0.3) is 5.70 Å². The lowest BCUT2D eigenvalue weighted by molar-refractivity contribution is -0.0436. The van der Waals surface area contributed by atoms with Crippen molar-refractivity contribution in [2.75, 3.05) is 32.8 Å². The van der Waals surface area contributed by atoms with E-state index in [-0.39, 0.29) is 6.04 Å². The van der Waals surface area contributed by atoms with Crippen molar-refractivity contribution in [3.05, 3.63) is 35.2 Å². The second-order valence-electron chi connectivity index (χ2n) is 8.79. The number of nitriles is 1. The van der Waals surface area contributed by atoms with E-state index in [4.69, 9.17) is 4.74 Å². The first-order chi connectivity index (χ1) is 15.0. The second kappa shape index (κ2) is 7.74. The van der Waals surface area contributed by atoms with Crippen molar-refractivity contribution in [1.29, 1.82) is 5.26 Å². The molecule has 9 nitrogen and oxygen atoms in total. The molecule has 1 N–H and O–H groups in total. The Labute approximate surface area is 182 Å². The van der Waals surface area contributed by atoms with Gasteiger partial charge in [0, 0.05) is 42.9 Å². The number of H-pyrrole nitrogens is 1. The highest BCUT2D eigenvalue weighted by molar-refractivity contribution is 7.86. The summed E-state index contributed by atoms with van der Waals surface area (Å²) in [5, 5.41) is 10.6. The predicted octanol–water partition coefficient (Wildman–Crippen LogP) is 0.0579. The fourth-order valence-corrected chi connectivity index (χ4v) is 7.15. The number of nitrogens with zero attached hydrogens (tertiary/aromatic N) is 5. The van der Waals surface area contributed by atoms with Crippen molar-refractivity contribution in [2.45, 2.75) is 50.2 Å². The molecule has 10 heteroatoms. The molecule has 3 fully saturated rings. The minimum absolute atomic E-state index is 0.260. The number of fused-ring (bicyclic) bond motifs is 1. The van der Waals surface area contributed by atoms with Crippen LogP contribution in [0.4, 0.5) is 0 Å². The first kappa shape index (κ1) is 20.7. The second-order valence-corrected chi connectivity index (χ2v) is 10.5. The molecule has 1 aromatic rings. The number of nitrogens with one attached hydrogen (secondary N) is 1. The zero-order chi connectivity index (χ0) is 21.6. The van der Waals surface area contributed by atoms with Gasteiger partial charge in [-0.25, -0.2) is 4.99 Å². The van der Waals surface area contributed by atoms with Crippen molar-refractivity contribution < 1.29 is 13.2 Å². The Balaban J connectivity index is 1.45. The van der Waals surface area contributed by atoms with Crippen LogP contribution in [-0.4, -0.2) is 77.4 Å². The molecule has 2 saturated heterocycles. The molecule has 166 valence electrons. The Hall–Kier alpha value is -2.19. The van der Waals surface area contributed by atoms with Crippen molar-refractivity contribution in [2.24, 2.45) is 4.99 Å². The summed E-state index contributed by atoms with van der Waals surface area (Å²) in [4.78, 5) is 10.1. The molecule has 1 aliphatic carbocycles. The number of ether oxygens (including phenoxy) is 1. The minimum Gasteiger partial charge on any atom is -0.378 e. The summed E-state index contributed by atoms with van der Waals surface area (Å²) in [6, 6.07) is 3.20. The van der Waals surface area contributed by atoms with Crippen LogP contribution in [0.15, 0.2) is 29.5 Å². The smallest absolute Gasteiger partial charge is 0.284 e. The Bertz CT molecular complexity index is 1140.